The summed E-state index contributed by atoms with van der Waals surface area (Å²) in [6.45, 7) is -0.260. The third-order valence-electron chi connectivity index (χ3n) is 4.77. The summed E-state index contributed by atoms with van der Waals surface area (Å²) in [4.78, 5) is 25.9. The molecule has 1 aliphatic carbocycles. The zero-order valence-electron chi connectivity index (χ0n) is 14.8. The number of benzene rings is 2. The number of halogens is 3. The summed E-state index contributed by atoms with van der Waals surface area (Å²) in [5.41, 5.74) is 0.112. The van der Waals surface area contributed by atoms with Crippen LogP contribution in [0.5, 0.6) is 5.75 Å². The van der Waals surface area contributed by atoms with Crippen LogP contribution >= 0.6 is 0 Å². The largest absolute Gasteiger partial charge is 0.482 e. The van der Waals surface area contributed by atoms with Crippen molar-refractivity contribution in [2.45, 2.75) is 31.6 Å². The van der Waals surface area contributed by atoms with Gasteiger partial charge in [0.15, 0.2) is 6.61 Å². The highest BCUT2D eigenvalue weighted by atomic mass is 19.4. The van der Waals surface area contributed by atoms with E-state index in [1.54, 1.807) is 12.1 Å². The summed E-state index contributed by atoms with van der Waals surface area (Å²) in [6.07, 6.45) is -2.96. The number of amides is 2. The first-order valence-electron chi connectivity index (χ1n) is 8.86. The van der Waals surface area contributed by atoms with E-state index < -0.39 is 11.7 Å². The van der Waals surface area contributed by atoms with Crippen molar-refractivity contribution in [3.8, 4) is 5.75 Å². The molecule has 2 aliphatic rings. The smallest absolute Gasteiger partial charge is 0.416 e. The van der Waals surface area contributed by atoms with E-state index >= 15 is 0 Å². The Hall–Kier alpha value is -3.03. The maximum atomic E-state index is 13.3. The minimum absolute atomic E-state index is 0.0664. The molecule has 2 aromatic rings. The van der Waals surface area contributed by atoms with Crippen LogP contribution in [0, 0.1) is 0 Å². The van der Waals surface area contributed by atoms with Crippen LogP contribution in [0.4, 0.5) is 18.9 Å². The molecule has 0 unspecified atom stereocenters. The SMILES string of the molecule is O=C1COc2cc(C(=O)N(Cc3ccccc3C(F)(F)F)C3CC3)ccc2N1. The Kier molecular flexibility index (Phi) is 4.49. The van der Waals surface area contributed by atoms with Crippen LogP contribution in [-0.4, -0.2) is 29.4 Å². The average Bonchev–Trinajstić information content (AvgIpc) is 3.49. The number of rotatable bonds is 4. The van der Waals surface area contributed by atoms with E-state index in [4.69, 9.17) is 4.74 Å². The Labute approximate surface area is 159 Å². The van der Waals surface area contributed by atoms with Gasteiger partial charge in [0, 0.05) is 18.2 Å². The Morgan fingerprint density at radius 2 is 1.93 bits per heavy atom. The Morgan fingerprint density at radius 1 is 1.18 bits per heavy atom. The molecule has 1 saturated carbocycles. The molecule has 4 rings (SSSR count). The molecule has 1 fully saturated rings. The molecule has 0 aromatic heterocycles. The van der Waals surface area contributed by atoms with Crippen molar-refractivity contribution >= 4 is 17.5 Å². The second-order valence-corrected chi connectivity index (χ2v) is 6.87. The number of carbonyl (C=O) groups is 2. The monoisotopic (exact) mass is 390 g/mol. The first kappa shape index (κ1) is 18.3. The van der Waals surface area contributed by atoms with E-state index in [9.17, 15) is 22.8 Å². The molecule has 0 spiro atoms. The van der Waals surface area contributed by atoms with Gasteiger partial charge in [0.2, 0.25) is 0 Å². The van der Waals surface area contributed by atoms with Crippen molar-refractivity contribution < 1.29 is 27.5 Å². The quantitative estimate of drug-likeness (QED) is 0.863. The molecular formula is C20H17F3N2O3. The Morgan fingerprint density at radius 3 is 2.64 bits per heavy atom. The first-order chi connectivity index (χ1) is 13.3. The van der Waals surface area contributed by atoms with Crippen LogP contribution in [0.2, 0.25) is 0 Å². The molecule has 1 heterocycles. The predicted octanol–water partition coefficient (Wildman–Crippen LogP) is 3.84. The molecule has 1 aliphatic heterocycles. The van der Waals surface area contributed by atoms with Crippen LogP contribution in [0.3, 0.4) is 0 Å². The van der Waals surface area contributed by atoms with Crippen LogP contribution in [0.15, 0.2) is 42.5 Å². The molecule has 28 heavy (non-hydrogen) atoms. The highest BCUT2D eigenvalue weighted by molar-refractivity contribution is 5.99. The molecule has 0 bridgehead atoms. The summed E-state index contributed by atoms with van der Waals surface area (Å²) >= 11 is 0. The number of hydrogen-bond donors (Lipinski definition) is 1. The molecule has 0 atom stereocenters. The van der Waals surface area contributed by atoms with Gasteiger partial charge in [0.1, 0.15) is 5.75 Å². The van der Waals surface area contributed by atoms with Crippen LogP contribution < -0.4 is 10.1 Å². The molecule has 2 amide bonds. The van der Waals surface area contributed by atoms with Gasteiger partial charge < -0.3 is 15.0 Å². The number of hydrogen-bond acceptors (Lipinski definition) is 3. The van der Waals surface area contributed by atoms with E-state index in [1.807, 2.05) is 0 Å². The van der Waals surface area contributed by atoms with Gasteiger partial charge in [-0.25, -0.2) is 0 Å². The summed E-state index contributed by atoms with van der Waals surface area (Å²) in [5.74, 6) is -0.269. The lowest BCUT2D eigenvalue weighted by molar-refractivity contribution is -0.138. The van der Waals surface area contributed by atoms with Gasteiger partial charge in [-0.3, -0.25) is 9.59 Å². The van der Waals surface area contributed by atoms with Crippen molar-refractivity contribution in [2.24, 2.45) is 0 Å². The first-order valence-corrected chi connectivity index (χ1v) is 8.86. The van der Waals surface area contributed by atoms with Gasteiger partial charge >= 0.3 is 6.18 Å². The fourth-order valence-electron chi connectivity index (χ4n) is 3.24. The van der Waals surface area contributed by atoms with E-state index in [0.717, 1.165) is 18.9 Å². The number of alkyl halides is 3. The molecule has 0 saturated heterocycles. The van der Waals surface area contributed by atoms with Crippen molar-refractivity contribution in [1.82, 2.24) is 4.90 Å². The molecule has 8 heteroatoms. The second kappa shape index (κ2) is 6.85. The summed E-state index contributed by atoms with van der Waals surface area (Å²) in [7, 11) is 0. The van der Waals surface area contributed by atoms with Crippen molar-refractivity contribution in [3.05, 3.63) is 59.2 Å². The summed E-state index contributed by atoms with van der Waals surface area (Å²) < 4.78 is 45.2. The number of nitrogens with zero attached hydrogens (tertiary/aromatic N) is 1. The third kappa shape index (κ3) is 3.67. The van der Waals surface area contributed by atoms with Crippen molar-refractivity contribution in [1.29, 1.82) is 0 Å². The van der Waals surface area contributed by atoms with Crippen LogP contribution in [-0.2, 0) is 17.5 Å². The van der Waals surface area contributed by atoms with Gasteiger partial charge in [-0.2, -0.15) is 13.2 Å². The molecule has 0 radical (unpaired) electrons. The highest BCUT2D eigenvalue weighted by Crippen LogP contribution is 2.36. The Bertz CT molecular complexity index is 939. The van der Waals surface area contributed by atoms with E-state index in [1.165, 1.54) is 29.2 Å². The number of anilines is 1. The zero-order chi connectivity index (χ0) is 19.9. The number of fused-ring (bicyclic) bond motifs is 1. The maximum absolute atomic E-state index is 13.3. The maximum Gasteiger partial charge on any atom is 0.416 e. The number of carbonyl (C=O) groups excluding carboxylic acids is 2. The van der Waals surface area contributed by atoms with Gasteiger partial charge in [0.25, 0.3) is 11.8 Å². The summed E-state index contributed by atoms with van der Waals surface area (Å²) in [5, 5.41) is 2.64. The minimum Gasteiger partial charge on any atom is -0.482 e. The molecule has 5 nitrogen and oxygen atoms in total. The standard InChI is InChI=1S/C20H17F3N2O3/c21-20(22,23)15-4-2-1-3-13(15)10-25(14-6-7-14)19(27)12-5-8-16-17(9-12)28-11-18(26)24-16/h1-5,8-9,14H,6-7,10-11H2,(H,24,26). The van der Waals surface area contributed by atoms with Crippen LogP contribution in [0.1, 0.15) is 34.3 Å². The van der Waals surface area contributed by atoms with Gasteiger partial charge in [-0.15, -0.1) is 0 Å². The second-order valence-electron chi connectivity index (χ2n) is 6.87. The molecular weight excluding hydrogens is 373 g/mol. The fourth-order valence-corrected chi connectivity index (χ4v) is 3.24. The molecule has 146 valence electrons. The average molecular weight is 390 g/mol. The number of ether oxygens (including phenoxy) is 1. The van der Waals surface area contributed by atoms with Crippen LogP contribution in [0.25, 0.3) is 0 Å². The lowest BCUT2D eigenvalue weighted by Crippen LogP contribution is -2.33. The predicted molar refractivity (Wildman–Crippen MR) is 94.9 cm³/mol. The fraction of sp³-hybridized carbons (Fsp3) is 0.300. The molecule has 2 aromatic carbocycles. The zero-order valence-corrected chi connectivity index (χ0v) is 14.8. The minimum atomic E-state index is -4.48. The highest BCUT2D eigenvalue weighted by Gasteiger charge is 2.37. The summed E-state index contributed by atoms with van der Waals surface area (Å²) in [6, 6.07) is 9.85. The third-order valence-corrected chi connectivity index (χ3v) is 4.77. The van der Waals surface area contributed by atoms with Crippen molar-refractivity contribution in [3.63, 3.8) is 0 Å². The van der Waals surface area contributed by atoms with Gasteiger partial charge in [-0.1, -0.05) is 18.2 Å². The number of nitrogens with one attached hydrogen (secondary N) is 1. The lowest BCUT2D eigenvalue weighted by atomic mass is 10.1. The lowest BCUT2D eigenvalue weighted by Gasteiger charge is -2.25. The normalized spacial score (nSPS) is 16.0. The van der Waals surface area contributed by atoms with Gasteiger partial charge in [-0.05, 0) is 42.7 Å². The van der Waals surface area contributed by atoms with Crippen molar-refractivity contribution in [2.75, 3.05) is 11.9 Å². The topological polar surface area (TPSA) is 58.6 Å². The van der Waals surface area contributed by atoms with E-state index in [0.29, 0.717) is 17.0 Å². The van der Waals surface area contributed by atoms with Gasteiger partial charge in [0.05, 0.1) is 11.3 Å². The molecule has 1 N–H and O–H groups in total. The van der Waals surface area contributed by atoms with E-state index in [2.05, 4.69) is 5.32 Å². The Balaban J connectivity index is 1.61. The van der Waals surface area contributed by atoms with E-state index in [-0.39, 0.29) is 36.6 Å².